The second kappa shape index (κ2) is 9.91. The lowest BCUT2D eigenvalue weighted by atomic mass is 9.80. The average molecular weight is 521 g/mol. The molecule has 0 radical (unpaired) electrons. The summed E-state index contributed by atoms with van der Waals surface area (Å²) in [5.74, 6) is -2.08. The Morgan fingerprint density at radius 2 is 1.94 bits per heavy atom. The number of carbonyl (C=O) groups is 3. The van der Waals surface area contributed by atoms with Crippen LogP contribution in [0.25, 0.3) is 0 Å². The normalized spacial score (nSPS) is 19.1. The molecule has 0 N–H and O–H groups in total. The van der Waals surface area contributed by atoms with Crippen molar-refractivity contribution >= 4 is 39.5 Å². The Morgan fingerprint density at radius 3 is 2.58 bits per heavy atom. The summed E-state index contributed by atoms with van der Waals surface area (Å²) in [6, 6.07) is 10.1. The van der Waals surface area contributed by atoms with Gasteiger partial charge in [0.1, 0.15) is 17.1 Å². The van der Waals surface area contributed by atoms with Gasteiger partial charge in [0.15, 0.2) is 0 Å². The Kier molecular flexibility index (Phi) is 7.41. The van der Waals surface area contributed by atoms with Crippen LogP contribution in [-0.2, 0) is 20.7 Å². The van der Waals surface area contributed by atoms with Gasteiger partial charge in [0.05, 0.1) is 25.3 Å². The molecular weight excluding hydrogens is 495 g/mol. The first-order chi connectivity index (χ1) is 15.6. The molecule has 33 heavy (non-hydrogen) atoms. The van der Waals surface area contributed by atoms with Gasteiger partial charge < -0.3 is 14.4 Å². The van der Waals surface area contributed by atoms with Crippen molar-refractivity contribution in [2.24, 2.45) is 5.92 Å². The number of hydrogen-bond acceptors (Lipinski definition) is 5. The molecule has 7 nitrogen and oxygen atoms in total. The van der Waals surface area contributed by atoms with Crippen LogP contribution < -0.4 is 9.64 Å². The zero-order chi connectivity index (χ0) is 24.3. The van der Waals surface area contributed by atoms with Gasteiger partial charge in [0, 0.05) is 11.5 Å². The van der Waals surface area contributed by atoms with E-state index in [1.54, 1.807) is 21.0 Å². The van der Waals surface area contributed by atoms with Crippen LogP contribution in [0.5, 0.6) is 5.75 Å². The van der Waals surface area contributed by atoms with E-state index in [1.165, 1.54) is 30.1 Å². The number of likely N-dealkylation sites (N-methyl/N-ethyl adjacent to an activating group) is 1. The highest BCUT2D eigenvalue weighted by Crippen LogP contribution is 2.39. The standard InChI is InChI=1S/C24H26BrFN2O5/c1-5-33-21(29)19(11-9-15-13-16(25)10-12-20(15)32-4)24(2)22(30)28(23(31)27(24)3)18-8-6-7-17(26)14-18/h6-8,10,12-14,19H,5,9,11H2,1-4H3/t19?,24-/m0/s1. The summed E-state index contributed by atoms with van der Waals surface area (Å²) in [6.45, 7) is 3.36. The van der Waals surface area contributed by atoms with Crippen LogP contribution in [0.15, 0.2) is 46.9 Å². The van der Waals surface area contributed by atoms with Crippen molar-refractivity contribution in [3.8, 4) is 5.75 Å². The molecule has 2 aromatic carbocycles. The van der Waals surface area contributed by atoms with Gasteiger partial charge in [-0.1, -0.05) is 22.0 Å². The highest BCUT2D eigenvalue weighted by molar-refractivity contribution is 9.10. The van der Waals surface area contributed by atoms with E-state index in [1.807, 2.05) is 18.2 Å². The van der Waals surface area contributed by atoms with Crippen molar-refractivity contribution in [2.45, 2.75) is 32.2 Å². The number of nitrogens with zero attached hydrogens (tertiary/aromatic N) is 2. The first-order valence-electron chi connectivity index (χ1n) is 10.5. The molecule has 1 unspecified atom stereocenters. The lowest BCUT2D eigenvalue weighted by Crippen LogP contribution is -2.54. The number of aryl methyl sites for hydroxylation is 1. The molecule has 1 aliphatic heterocycles. The molecular formula is C24H26BrFN2O5. The molecule has 0 saturated carbocycles. The molecule has 1 heterocycles. The van der Waals surface area contributed by atoms with Crippen LogP contribution in [0.4, 0.5) is 14.9 Å². The van der Waals surface area contributed by atoms with Crippen molar-refractivity contribution in [3.05, 3.63) is 58.3 Å². The van der Waals surface area contributed by atoms with Crippen LogP contribution in [0, 0.1) is 11.7 Å². The number of rotatable bonds is 8. The molecule has 9 heteroatoms. The summed E-state index contributed by atoms with van der Waals surface area (Å²) in [5.41, 5.74) is -0.572. The minimum Gasteiger partial charge on any atom is -0.496 e. The Hall–Kier alpha value is -2.94. The largest absolute Gasteiger partial charge is 0.496 e. The summed E-state index contributed by atoms with van der Waals surface area (Å²) in [6.07, 6.45) is 0.624. The van der Waals surface area contributed by atoms with Crippen molar-refractivity contribution in [2.75, 3.05) is 25.7 Å². The first-order valence-corrected chi connectivity index (χ1v) is 11.3. The maximum Gasteiger partial charge on any atom is 0.332 e. The molecule has 0 bridgehead atoms. The molecule has 2 aromatic rings. The van der Waals surface area contributed by atoms with Gasteiger partial charge in [-0.15, -0.1) is 0 Å². The van der Waals surface area contributed by atoms with Crippen molar-refractivity contribution < 1.29 is 28.2 Å². The average Bonchev–Trinajstić information content (AvgIpc) is 2.95. The molecule has 1 aliphatic rings. The predicted octanol–water partition coefficient (Wildman–Crippen LogP) is 4.57. The van der Waals surface area contributed by atoms with E-state index < -0.39 is 35.2 Å². The van der Waals surface area contributed by atoms with Gasteiger partial charge in [-0.3, -0.25) is 9.59 Å². The smallest absolute Gasteiger partial charge is 0.332 e. The summed E-state index contributed by atoms with van der Waals surface area (Å²) in [4.78, 5) is 41.9. The Bertz CT molecular complexity index is 1080. The van der Waals surface area contributed by atoms with Crippen LogP contribution in [0.3, 0.4) is 0 Å². The van der Waals surface area contributed by atoms with Crippen molar-refractivity contribution in [3.63, 3.8) is 0 Å². The molecule has 0 aliphatic carbocycles. The molecule has 1 saturated heterocycles. The summed E-state index contributed by atoms with van der Waals surface area (Å²) in [5, 5.41) is 0. The number of hydrogen-bond donors (Lipinski definition) is 0. The maximum absolute atomic E-state index is 13.8. The summed E-state index contributed by atoms with van der Waals surface area (Å²) < 4.78 is 25.4. The second-order valence-electron chi connectivity index (χ2n) is 7.91. The first kappa shape index (κ1) is 24.7. The zero-order valence-corrected chi connectivity index (χ0v) is 20.5. The fourth-order valence-corrected chi connectivity index (χ4v) is 4.55. The van der Waals surface area contributed by atoms with E-state index in [-0.39, 0.29) is 18.7 Å². The van der Waals surface area contributed by atoms with E-state index in [9.17, 15) is 18.8 Å². The SMILES string of the molecule is CCOC(=O)C(CCc1cc(Br)ccc1OC)[C@@]1(C)C(=O)N(c2cccc(F)c2)C(=O)N1C. The summed E-state index contributed by atoms with van der Waals surface area (Å²) >= 11 is 3.44. The van der Waals surface area contributed by atoms with E-state index >= 15 is 0 Å². The number of esters is 1. The molecule has 0 aromatic heterocycles. The van der Waals surface area contributed by atoms with Gasteiger partial charge in [-0.05, 0) is 68.7 Å². The summed E-state index contributed by atoms with van der Waals surface area (Å²) in [7, 11) is 3.02. The fourth-order valence-electron chi connectivity index (χ4n) is 4.14. The predicted molar refractivity (Wildman–Crippen MR) is 125 cm³/mol. The topological polar surface area (TPSA) is 76.1 Å². The number of methoxy groups -OCH3 is 1. The second-order valence-corrected chi connectivity index (χ2v) is 8.82. The van der Waals surface area contributed by atoms with Gasteiger partial charge >= 0.3 is 12.0 Å². The van der Waals surface area contributed by atoms with Crippen LogP contribution in [0.1, 0.15) is 25.8 Å². The number of urea groups is 1. The van der Waals surface area contributed by atoms with Gasteiger partial charge in [-0.2, -0.15) is 0 Å². The Labute approximate surface area is 200 Å². The molecule has 2 atom stereocenters. The number of amides is 3. The lowest BCUT2D eigenvalue weighted by molar-refractivity contribution is -0.155. The number of halogens is 2. The van der Waals surface area contributed by atoms with Gasteiger partial charge in [-0.25, -0.2) is 14.1 Å². The number of imide groups is 1. The quantitative estimate of drug-likeness (QED) is 0.376. The number of benzene rings is 2. The van der Waals surface area contributed by atoms with E-state index in [2.05, 4.69) is 15.9 Å². The highest BCUT2D eigenvalue weighted by Gasteiger charge is 2.59. The van der Waals surface area contributed by atoms with Gasteiger partial charge in [0.2, 0.25) is 0 Å². The van der Waals surface area contributed by atoms with E-state index in [0.717, 1.165) is 21.0 Å². The minimum atomic E-state index is -1.52. The third kappa shape index (κ3) is 4.59. The lowest BCUT2D eigenvalue weighted by Gasteiger charge is -2.35. The maximum atomic E-state index is 13.8. The Balaban J connectivity index is 1.99. The third-order valence-corrected chi connectivity index (χ3v) is 6.57. The van der Waals surface area contributed by atoms with Crippen LogP contribution >= 0.6 is 15.9 Å². The molecule has 176 valence electrons. The third-order valence-electron chi connectivity index (χ3n) is 6.07. The fraction of sp³-hybridized carbons (Fsp3) is 0.375. The van der Waals surface area contributed by atoms with Crippen LogP contribution in [-0.4, -0.2) is 49.1 Å². The molecule has 3 rings (SSSR count). The molecule has 3 amide bonds. The van der Waals surface area contributed by atoms with Crippen LogP contribution in [0.2, 0.25) is 0 Å². The zero-order valence-electron chi connectivity index (χ0n) is 18.9. The number of carbonyl (C=O) groups excluding carboxylic acids is 3. The Morgan fingerprint density at radius 1 is 1.21 bits per heavy atom. The van der Waals surface area contributed by atoms with Gasteiger partial charge in [0.25, 0.3) is 5.91 Å². The highest BCUT2D eigenvalue weighted by atomic mass is 79.9. The number of anilines is 1. The van der Waals surface area contributed by atoms with E-state index in [0.29, 0.717) is 12.2 Å². The van der Waals surface area contributed by atoms with Crippen molar-refractivity contribution in [1.82, 2.24) is 4.90 Å². The monoisotopic (exact) mass is 520 g/mol. The van der Waals surface area contributed by atoms with E-state index in [4.69, 9.17) is 9.47 Å². The molecule has 1 fully saturated rings. The van der Waals surface area contributed by atoms with Crippen molar-refractivity contribution in [1.29, 1.82) is 0 Å². The number of ether oxygens (including phenoxy) is 2. The molecule has 0 spiro atoms. The minimum absolute atomic E-state index is 0.108.